The molecule has 2 aromatic heterocycles. The van der Waals surface area contributed by atoms with Gasteiger partial charge < -0.3 is 11.8 Å². The Hall–Kier alpha value is -9.81. The van der Waals surface area contributed by atoms with E-state index in [4.69, 9.17) is 17.1 Å². The van der Waals surface area contributed by atoms with Gasteiger partial charge in [-0.3, -0.25) is 9.97 Å². The number of benzene rings is 14. The van der Waals surface area contributed by atoms with Crippen LogP contribution in [-0.4, -0.2) is 18.4 Å². The molecule has 0 saturated heterocycles. The van der Waals surface area contributed by atoms with Crippen LogP contribution in [0.25, 0.3) is 21.8 Å². The van der Waals surface area contributed by atoms with Crippen LogP contribution in [0.5, 0.6) is 0 Å². The molecule has 0 spiro atoms. The van der Waals surface area contributed by atoms with E-state index in [0.717, 1.165) is 10.8 Å². The van der Waals surface area contributed by atoms with Gasteiger partial charge in [0.1, 0.15) is 17.7 Å². The second kappa shape index (κ2) is 47.7. The zero-order chi connectivity index (χ0) is 71.5. The maximum Gasteiger partial charge on any atom is 1.00 e. The van der Waals surface area contributed by atoms with Gasteiger partial charge in [-0.1, -0.05) is 384 Å². The normalized spacial score (nSPS) is 9.91. The van der Waals surface area contributed by atoms with Crippen LogP contribution in [0.3, 0.4) is 0 Å². The largest absolute Gasteiger partial charge is 1.00 e. The van der Waals surface area contributed by atoms with Crippen molar-refractivity contribution in [1.29, 1.82) is 10.5 Å². The average Bonchev–Trinajstić information content (AvgIpc) is 0.607. The van der Waals surface area contributed by atoms with Crippen molar-refractivity contribution in [2.24, 2.45) is 0 Å². The van der Waals surface area contributed by atoms with E-state index in [1.807, 2.05) is 12.1 Å². The minimum Gasteiger partial charge on any atom is -0.512 e. The Morgan fingerprint density at radius 1 is 0.280 bits per heavy atom. The van der Waals surface area contributed by atoms with Crippen LogP contribution in [0, 0.1) is 34.8 Å². The predicted molar refractivity (Wildman–Crippen MR) is 454 cm³/mol. The summed E-state index contributed by atoms with van der Waals surface area (Å²) in [4.78, 5) is 7.99. The second-order valence-corrected chi connectivity index (χ2v) is 32.2. The van der Waals surface area contributed by atoms with Gasteiger partial charge in [0, 0.05) is 64.1 Å². The van der Waals surface area contributed by atoms with Gasteiger partial charge in [-0.2, -0.15) is 5.26 Å². The molecule has 0 bridgehead atoms. The number of fused-ring (bicyclic) bond motifs is 2. The molecule has 0 aliphatic rings. The Bertz CT molecular complexity index is 4290. The van der Waals surface area contributed by atoms with Crippen molar-refractivity contribution < 1.29 is 46.3 Å². The maximum atomic E-state index is 13.1. The molecule has 0 amide bonds. The molecule has 3 radical (unpaired) electrons. The zero-order valence-electron chi connectivity index (χ0n) is 57.3. The van der Waals surface area contributed by atoms with Crippen LogP contribution in [0.1, 0.15) is 13.0 Å². The van der Waals surface area contributed by atoms with Gasteiger partial charge in [-0.15, -0.1) is 0 Å². The van der Waals surface area contributed by atoms with Crippen molar-refractivity contribution in [2.45, 2.75) is 7.43 Å². The third-order valence-corrected chi connectivity index (χ3v) is 26.0. The van der Waals surface area contributed by atoms with Crippen LogP contribution in [0.15, 0.2) is 429 Å². The smallest absolute Gasteiger partial charge is 0.512 e. The fourth-order valence-corrected chi connectivity index (χ4v) is 20.5. The van der Waals surface area contributed by atoms with Crippen molar-refractivity contribution in [2.75, 3.05) is 0 Å². The first-order valence-electron chi connectivity index (χ1n) is 33.1. The Morgan fingerprint density at radius 3 is 0.645 bits per heavy atom. The van der Waals surface area contributed by atoms with Crippen molar-refractivity contribution in [1.82, 2.24) is 9.97 Å². The van der Waals surface area contributed by atoms with E-state index in [1.165, 1.54) is 81.9 Å². The fourth-order valence-electron chi connectivity index (χ4n) is 11.0. The summed E-state index contributed by atoms with van der Waals surface area (Å²) in [5.74, 6) is -0.796. The molecule has 0 aliphatic heterocycles. The van der Waals surface area contributed by atoms with Gasteiger partial charge in [0.25, 0.3) is 0 Å². The topological polar surface area (TPSA) is 73.4 Å². The third-order valence-electron chi connectivity index (χ3n) is 15.6. The summed E-state index contributed by atoms with van der Waals surface area (Å²) in [6.07, 6.45) is 3.24. The molecular formula is C93H74BBrCuF2N4P4Pd. The van der Waals surface area contributed by atoms with Crippen LogP contribution >= 0.6 is 47.6 Å². The summed E-state index contributed by atoms with van der Waals surface area (Å²) < 4.78 is 26.5. The Labute approximate surface area is 669 Å². The monoisotopic (exact) mass is 1670 g/mol. The second-order valence-electron chi connectivity index (χ2n) is 22.5. The summed E-state index contributed by atoms with van der Waals surface area (Å²) in [6, 6.07) is 144. The average molecular weight is 1670 g/mol. The number of halogens is 3. The van der Waals surface area contributed by atoms with E-state index in [0.29, 0.717) is 15.5 Å². The van der Waals surface area contributed by atoms with E-state index >= 15 is 0 Å². The molecule has 0 aliphatic carbocycles. The summed E-state index contributed by atoms with van der Waals surface area (Å²) in [5, 5.41) is 33.3. The van der Waals surface area contributed by atoms with Crippen LogP contribution < -0.4 is 63.7 Å². The molecule has 0 saturated carbocycles. The molecule has 107 heavy (non-hydrogen) atoms. The number of hydrogen-bond donors (Lipinski definition) is 0. The molecule has 0 fully saturated rings. The van der Waals surface area contributed by atoms with E-state index in [9.17, 15) is 8.78 Å². The summed E-state index contributed by atoms with van der Waals surface area (Å²) >= 11 is 3.11. The molecule has 0 atom stereocenters. The van der Waals surface area contributed by atoms with Gasteiger partial charge in [0.15, 0.2) is 0 Å². The van der Waals surface area contributed by atoms with Crippen molar-refractivity contribution in [3.63, 3.8) is 0 Å². The first-order chi connectivity index (χ1) is 50.9. The van der Waals surface area contributed by atoms with E-state index in [1.54, 1.807) is 36.7 Å². The number of pyridine rings is 2. The maximum absolute atomic E-state index is 13.1. The Balaban J connectivity index is 0.000000200. The standard InChI is InChI=1S/4C18H15P.C10H5FN2.C9H5BrFN.CN.CH4.B.Cu.Pd/c4*1-4-10-16(11-5-1)19(17-12-6-2-7-13-17)18-14-8-3-9-15-18;11-9-5-10-7(2-1-3-13-10)4-8(9)6-12;10-7-4-6-2-1-3-12-9(6)5-8(7)11;1-2;;;;/h4*1-15H;1-5H;1-5H;;1H4;;;/q;;;;;;-1;;;+1;. The predicted octanol–water partition coefficient (Wildman–Crippen LogP) is 19.5. The van der Waals surface area contributed by atoms with Crippen LogP contribution in [-0.2, 0) is 37.5 Å². The van der Waals surface area contributed by atoms with Gasteiger partial charge >= 0.3 is 17.1 Å². The van der Waals surface area contributed by atoms with Gasteiger partial charge in [0.2, 0.25) is 0 Å². The van der Waals surface area contributed by atoms with Crippen molar-refractivity contribution >= 4 is 141 Å². The molecule has 0 N–H and O–H groups in total. The fraction of sp³-hybridized carbons (Fsp3) is 0.0108. The minimum atomic E-state index is -0.520. The number of nitrogens with zero attached hydrogens (tertiary/aromatic N) is 4. The first-order valence-corrected chi connectivity index (χ1v) is 39.2. The Kier molecular flexibility index (Phi) is 38.4. The van der Waals surface area contributed by atoms with Crippen molar-refractivity contribution in [3.05, 3.63) is 453 Å². The van der Waals surface area contributed by atoms with Gasteiger partial charge in [0.05, 0.1) is 21.1 Å². The molecule has 531 valence electrons. The number of aromatic nitrogens is 2. The van der Waals surface area contributed by atoms with E-state index in [-0.39, 0.29) is 64.7 Å². The molecule has 4 nitrogen and oxygen atoms in total. The quantitative estimate of drug-likeness (QED) is 0.0694. The van der Waals surface area contributed by atoms with Crippen LogP contribution in [0.4, 0.5) is 8.78 Å². The minimum absolute atomic E-state index is 0. The SMILES string of the molecule is C.Fc1cc2ncccc2cc1Br.N#Cc1cc2cccnc2cc1F.[B].[C-]#N.[Cu+].[Pd].c1ccc(P(c2ccccc2)c2ccccc2)cc1.c1ccc(P(c2ccccc2)c2ccccc2)cc1.c1ccc(P(c2ccccc2)c2ccccc2)cc1.c1ccc(P(c2ccccc2)c2ccccc2)cc1. The molecule has 14 aromatic carbocycles. The van der Waals surface area contributed by atoms with E-state index < -0.39 is 37.5 Å². The number of rotatable bonds is 12. The van der Waals surface area contributed by atoms with Gasteiger partial charge in [-0.25, -0.2) is 8.78 Å². The first kappa shape index (κ1) is 86.1. The summed E-state index contributed by atoms with van der Waals surface area (Å²) in [6.45, 7) is 4.75. The molecule has 0 unspecified atom stereocenters. The van der Waals surface area contributed by atoms with Gasteiger partial charge in [-0.05, 0) is 136 Å². The molecule has 16 aromatic rings. The third kappa shape index (κ3) is 25.7. The summed E-state index contributed by atoms with van der Waals surface area (Å²) in [7, 11) is -1.78. The molecule has 2 heterocycles. The van der Waals surface area contributed by atoms with Crippen LogP contribution in [0.2, 0.25) is 0 Å². The van der Waals surface area contributed by atoms with E-state index in [2.05, 4.69) is 390 Å². The zero-order valence-corrected chi connectivity index (χ0v) is 65.0. The molecular weight excluding hydrogens is 1600 g/mol. The molecule has 14 heteroatoms. The summed E-state index contributed by atoms with van der Waals surface area (Å²) in [5.41, 5.74) is 1.30. The Morgan fingerprint density at radius 2 is 0.458 bits per heavy atom. The van der Waals surface area contributed by atoms with Crippen molar-refractivity contribution in [3.8, 4) is 6.07 Å². The number of hydrogen-bond acceptors (Lipinski definition) is 4. The number of nitriles is 1. The molecule has 16 rings (SSSR count).